The minimum absolute atomic E-state index is 0.00337. The largest absolute Gasteiger partial charge is 0.573 e. The van der Waals surface area contributed by atoms with E-state index < -0.39 is 27.5 Å². The van der Waals surface area contributed by atoms with Crippen molar-refractivity contribution in [1.82, 2.24) is 19.8 Å². The second-order valence-corrected chi connectivity index (χ2v) is 12.0. The van der Waals surface area contributed by atoms with Crippen LogP contribution in [0.5, 0.6) is 5.75 Å². The minimum Gasteiger partial charge on any atom is -0.405 e. The van der Waals surface area contributed by atoms with E-state index in [0.29, 0.717) is 13.1 Å². The lowest BCUT2D eigenvalue weighted by Gasteiger charge is -2.21. The van der Waals surface area contributed by atoms with Crippen molar-refractivity contribution in [1.29, 1.82) is 0 Å². The van der Waals surface area contributed by atoms with Gasteiger partial charge in [-0.05, 0) is 43.3 Å². The summed E-state index contributed by atoms with van der Waals surface area (Å²) in [6.07, 6.45) is -3.02. The first-order valence-electron chi connectivity index (χ1n) is 11.7. The summed E-state index contributed by atoms with van der Waals surface area (Å²) in [5.41, 5.74) is -0.379. The fraction of sp³-hybridized carbons (Fsp3) is 0.417. The van der Waals surface area contributed by atoms with Crippen LogP contribution in [-0.4, -0.2) is 61.2 Å². The monoisotopic (exact) mass is 592 g/mol. The average molecular weight is 593 g/mol. The lowest BCUT2D eigenvalue weighted by Crippen LogP contribution is -2.30. The van der Waals surface area contributed by atoms with Gasteiger partial charge in [-0.25, -0.2) is 13.4 Å². The summed E-state index contributed by atoms with van der Waals surface area (Å²) in [7, 11) is -1.83. The first-order chi connectivity index (χ1) is 17.8. The van der Waals surface area contributed by atoms with Crippen LogP contribution in [-0.2, 0) is 22.9 Å². The van der Waals surface area contributed by atoms with Gasteiger partial charge in [0, 0.05) is 36.3 Å². The van der Waals surface area contributed by atoms with Crippen molar-refractivity contribution in [3.8, 4) is 5.75 Å². The van der Waals surface area contributed by atoms with E-state index >= 15 is 0 Å². The van der Waals surface area contributed by atoms with Gasteiger partial charge in [0.2, 0.25) is 0 Å². The van der Waals surface area contributed by atoms with E-state index in [-0.39, 0.29) is 61.9 Å². The fourth-order valence-electron chi connectivity index (χ4n) is 4.50. The number of fused-ring (bicyclic) bond motifs is 1. The van der Waals surface area contributed by atoms with Crippen molar-refractivity contribution in [2.24, 2.45) is 0 Å². The number of likely N-dealkylation sites (N-methyl/N-ethyl adjacent to an activating group) is 1. The number of rotatable bonds is 8. The number of aromatic nitrogens is 2. The van der Waals surface area contributed by atoms with Gasteiger partial charge in [0.1, 0.15) is 5.75 Å². The number of benzene rings is 2. The van der Waals surface area contributed by atoms with E-state index in [1.165, 1.54) is 31.5 Å². The molecule has 1 N–H and O–H groups in total. The topological polar surface area (TPSA) is 93.5 Å². The van der Waals surface area contributed by atoms with Gasteiger partial charge in [-0.2, -0.15) is 0 Å². The van der Waals surface area contributed by atoms with Crippen LogP contribution in [0.25, 0.3) is 10.9 Å². The van der Waals surface area contributed by atoms with E-state index in [0.717, 1.165) is 17.1 Å². The molecule has 1 saturated heterocycles. The molecule has 206 valence electrons. The Morgan fingerprint density at radius 3 is 2.58 bits per heavy atom. The predicted molar refractivity (Wildman–Crippen MR) is 139 cm³/mol. The van der Waals surface area contributed by atoms with Gasteiger partial charge in [0.15, 0.2) is 9.84 Å². The molecule has 0 aliphatic carbocycles. The standard InChI is InChI=1S/C24H25Cl2F3N4O4S/c1-3-38(35,36)20-5-4-15(25)8-14(20)10-33-13-31-22-17(23(33)34)9-19(37-24(27,28)29)18(21(22)26)12-32-7-6-16(11-32)30-2/h4-5,8-9,13,16,30H,3,6-7,10-12H2,1-2H3/t16-/m1/s1. The predicted octanol–water partition coefficient (Wildman–Crippen LogP) is 4.24. The Kier molecular flexibility index (Phi) is 8.29. The van der Waals surface area contributed by atoms with Crippen molar-refractivity contribution in [3.63, 3.8) is 0 Å². The van der Waals surface area contributed by atoms with Gasteiger partial charge >= 0.3 is 6.36 Å². The molecule has 1 aliphatic rings. The van der Waals surface area contributed by atoms with Crippen LogP contribution in [0, 0.1) is 0 Å². The van der Waals surface area contributed by atoms with E-state index in [9.17, 15) is 26.4 Å². The number of halogens is 5. The number of ether oxygens (including phenoxy) is 1. The van der Waals surface area contributed by atoms with Gasteiger partial charge in [0.25, 0.3) is 5.56 Å². The van der Waals surface area contributed by atoms with E-state index in [4.69, 9.17) is 23.2 Å². The van der Waals surface area contributed by atoms with E-state index in [1.54, 1.807) is 0 Å². The Hall–Kier alpha value is -2.38. The van der Waals surface area contributed by atoms with Crippen molar-refractivity contribution >= 4 is 43.9 Å². The molecule has 0 radical (unpaired) electrons. The molecule has 1 fully saturated rings. The molecule has 1 atom stereocenters. The number of hydrogen-bond acceptors (Lipinski definition) is 7. The Balaban J connectivity index is 1.81. The second kappa shape index (κ2) is 11.0. The van der Waals surface area contributed by atoms with Crippen LogP contribution < -0.4 is 15.6 Å². The van der Waals surface area contributed by atoms with Gasteiger partial charge in [-0.15, -0.1) is 13.2 Å². The number of nitrogens with zero attached hydrogens (tertiary/aromatic N) is 3. The lowest BCUT2D eigenvalue weighted by molar-refractivity contribution is -0.274. The summed E-state index contributed by atoms with van der Waals surface area (Å²) in [4.78, 5) is 19.6. The molecule has 0 saturated carbocycles. The van der Waals surface area contributed by atoms with Crippen LogP contribution in [0.2, 0.25) is 10.0 Å². The molecule has 14 heteroatoms. The first kappa shape index (κ1) is 28.6. The Bertz CT molecular complexity index is 1530. The van der Waals surface area contributed by atoms with E-state index in [1.807, 2.05) is 11.9 Å². The van der Waals surface area contributed by atoms with Crippen molar-refractivity contribution in [3.05, 3.63) is 62.1 Å². The maximum absolute atomic E-state index is 13.4. The molecule has 4 rings (SSSR count). The number of nitrogens with one attached hydrogen (secondary N) is 1. The summed E-state index contributed by atoms with van der Waals surface area (Å²) < 4.78 is 70.5. The van der Waals surface area contributed by atoms with Crippen LogP contribution >= 0.6 is 23.2 Å². The number of alkyl halides is 3. The Morgan fingerprint density at radius 2 is 1.95 bits per heavy atom. The van der Waals surface area contributed by atoms with Gasteiger partial charge in [0.05, 0.1) is 39.4 Å². The summed E-state index contributed by atoms with van der Waals surface area (Å²) in [5, 5.41) is 3.09. The number of hydrogen-bond donors (Lipinski definition) is 1. The van der Waals surface area contributed by atoms with Crippen LogP contribution in [0.1, 0.15) is 24.5 Å². The molecule has 8 nitrogen and oxygen atoms in total. The summed E-state index contributed by atoms with van der Waals surface area (Å²) in [6.45, 7) is 2.58. The van der Waals surface area contributed by atoms with Crippen molar-refractivity contribution in [2.45, 2.75) is 43.7 Å². The zero-order valence-corrected chi connectivity index (χ0v) is 22.8. The van der Waals surface area contributed by atoms with E-state index in [2.05, 4.69) is 15.0 Å². The molecule has 0 unspecified atom stereocenters. The third kappa shape index (κ3) is 6.09. The highest BCUT2D eigenvalue weighted by atomic mass is 35.5. The summed E-state index contributed by atoms with van der Waals surface area (Å²) in [5.74, 6) is -0.758. The summed E-state index contributed by atoms with van der Waals surface area (Å²) >= 11 is 12.6. The molecular weight excluding hydrogens is 568 g/mol. The SMILES string of the molecule is CCS(=O)(=O)c1ccc(Cl)cc1Cn1cnc2c(Cl)c(CN3CC[C@@H](NC)C3)c(OC(F)(F)F)cc2c1=O. The minimum atomic E-state index is -5.02. The highest BCUT2D eigenvalue weighted by Crippen LogP contribution is 2.37. The molecule has 0 amide bonds. The van der Waals surface area contributed by atoms with Gasteiger partial charge < -0.3 is 10.1 Å². The Morgan fingerprint density at radius 1 is 1.21 bits per heavy atom. The third-order valence-corrected chi connectivity index (χ3v) is 8.96. The second-order valence-electron chi connectivity index (χ2n) is 8.95. The zero-order chi connectivity index (χ0) is 27.8. The average Bonchev–Trinajstić information content (AvgIpc) is 3.30. The Labute approximate surface area is 227 Å². The van der Waals surface area contributed by atoms with Crippen LogP contribution in [0.15, 0.2) is 40.3 Å². The van der Waals surface area contributed by atoms with Gasteiger partial charge in [-0.1, -0.05) is 30.1 Å². The summed E-state index contributed by atoms with van der Waals surface area (Å²) in [6, 6.07) is 5.38. The molecule has 3 aromatic rings. The number of sulfone groups is 1. The third-order valence-electron chi connectivity index (χ3n) is 6.48. The zero-order valence-electron chi connectivity index (χ0n) is 20.5. The molecule has 38 heavy (non-hydrogen) atoms. The first-order valence-corrected chi connectivity index (χ1v) is 14.1. The fourth-order valence-corrected chi connectivity index (χ4v) is 6.11. The molecule has 1 aromatic heterocycles. The molecule has 0 spiro atoms. The van der Waals surface area contributed by atoms with Crippen LogP contribution in [0.4, 0.5) is 13.2 Å². The van der Waals surface area contributed by atoms with Crippen molar-refractivity contribution in [2.75, 3.05) is 25.9 Å². The maximum Gasteiger partial charge on any atom is 0.573 e. The number of likely N-dealkylation sites (tertiary alicyclic amines) is 1. The molecular formula is C24H25Cl2F3N4O4S. The highest BCUT2D eigenvalue weighted by Gasteiger charge is 2.34. The molecule has 2 aromatic carbocycles. The maximum atomic E-state index is 13.4. The lowest BCUT2D eigenvalue weighted by atomic mass is 10.1. The molecule has 1 aliphatic heterocycles. The van der Waals surface area contributed by atoms with Gasteiger partial charge in [-0.3, -0.25) is 14.3 Å². The quantitative estimate of drug-likeness (QED) is 0.418. The van der Waals surface area contributed by atoms with Crippen LogP contribution in [0.3, 0.4) is 0 Å². The molecule has 2 heterocycles. The normalized spacial score (nSPS) is 16.9. The van der Waals surface area contributed by atoms with Crippen molar-refractivity contribution < 1.29 is 26.3 Å². The highest BCUT2D eigenvalue weighted by molar-refractivity contribution is 7.91. The smallest absolute Gasteiger partial charge is 0.405 e. The molecule has 0 bridgehead atoms.